The number of carbonyl (C=O) groups excluding carboxylic acids is 2. The molecule has 0 unspecified atom stereocenters. The highest BCUT2D eigenvalue weighted by atomic mass is 35.5. The molecule has 0 aliphatic carbocycles. The molecule has 1 aromatic carbocycles. The van der Waals surface area contributed by atoms with Crippen LogP contribution in [0.25, 0.3) is 0 Å². The summed E-state index contributed by atoms with van der Waals surface area (Å²) < 4.78 is 4.56. The normalized spacial score (nSPS) is 10.0. The number of Topliss-reactive ketones (excluding diaryl/α,β-unsaturated/α-hetero) is 1. The van der Waals surface area contributed by atoms with Crippen molar-refractivity contribution in [2.75, 3.05) is 13.0 Å². The number of rotatable bonds is 6. The molecule has 0 radical (unpaired) electrons. The third-order valence-corrected chi connectivity index (χ3v) is 2.71. The first kappa shape index (κ1) is 13.7. The molecule has 0 heterocycles. The van der Waals surface area contributed by atoms with E-state index in [9.17, 15) is 9.59 Å². The predicted octanol–water partition coefficient (Wildman–Crippen LogP) is 2.60. The Bertz CT molecular complexity index is 384. The Balaban J connectivity index is 2.46. The summed E-state index contributed by atoms with van der Waals surface area (Å²) in [5.41, 5.74) is 1.72. The zero-order valence-corrected chi connectivity index (χ0v) is 10.5. The molecule has 0 fully saturated rings. The average molecular weight is 255 g/mol. The van der Waals surface area contributed by atoms with E-state index < -0.39 is 0 Å². The van der Waals surface area contributed by atoms with Crippen LogP contribution in [0.5, 0.6) is 0 Å². The highest BCUT2D eigenvalue weighted by Gasteiger charge is 2.04. The Labute approximate surface area is 106 Å². The number of hydrogen-bond donors (Lipinski definition) is 0. The fourth-order valence-corrected chi connectivity index (χ4v) is 1.63. The Kier molecular flexibility index (Phi) is 5.70. The number of aryl methyl sites for hydroxylation is 1. The SMILES string of the molecule is COC(=O)CCCc1ccc(C(=O)CCl)cc1. The average Bonchev–Trinajstić information content (AvgIpc) is 2.38. The second kappa shape index (κ2) is 7.07. The smallest absolute Gasteiger partial charge is 0.305 e. The van der Waals surface area contributed by atoms with Crippen molar-refractivity contribution in [3.8, 4) is 0 Å². The van der Waals surface area contributed by atoms with Gasteiger partial charge in [0.2, 0.25) is 0 Å². The lowest BCUT2D eigenvalue weighted by molar-refractivity contribution is -0.140. The number of esters is 1. The van der Waals surface area contributed by atoms with Gasteiger partial charge in [0.05, 0.1) is 13.0 Å². The zero-order chi connectivity index (χ0) is 12.7. The minimum absolute atomic E-state index is 0.00167. The van der Waals surface area contributed by atoms with Crippen molar-refractivity contribution in [3.05, 3.63) is 35.4 Å². The van der Waals surface area contributed by atoms with Crippen molar-refractivity contribution in [2.45, 2.75) is 19.3 Å². The summed E-state index contributed by atoms with van der Waals surface area (Å²) in [6.07, 6.45) is 1.96. The molecule has 0 bridgehead atoms. The van der Waals surface area contributed by atoms with Gasteiger partial charge in [-0.1, -0.05) is 24.3 Å². The van der Waals surface area contributed by atoms with E-state index in [4.69, 9.17) is 11.6 Å². The summed E-state index contributed by atoms with van der Waals surface area (Å²) in [5, 5.41) is 0. The Morgan fingerprint density at radius 3 is 2.41 bits per heavy atom. The molecule has 17 heavy (non-hydrogen) atoms. The maximum Gasteiger partial charge on any atom is 0.305 e. The molecule has 0 aromatic heterocycles. The molecule has 3 nitrogen and oxygen atoms in total. The topological polar surface area (TPSA) is 43.4 Å². The summed E-state index contributed by atoms with van der Waals surface area (Å²) in [5.74, 6) is -0.270. The minimum atomic E-state index is -0.195. The summed E-state index contributed by atoms with van der Waals surface area (Å²) >= 11 is 5.46. The number of methoxy groups -OCH3 is 1. The van der Waals surface area contributed by atoms with Crippen LogP contribution in [-0.4, -0.2) is 24.7 Å². The van der Waals surface area contributed by atoms with Crippen LogP contribution in [0.4, 0.5) is 0 Å². The number of halogens is 1. The predicted molar refractivity (Wildman–Crippen MR) is 66.4 cm³/mol. The van der Waals surface area contributed by atoms with E-state index in [0.29, 0.717) is 12.0 Å². The van der Waals surface area contributed by atoms with E-state index in [1.54, 1.807) is 12.1 Å². The van der Waals surface area contributed by atoms with Crippen molar-refractivity contribution in [1.29, 1.82) is 0 Å². The molecule has 0 aliphatic rings. The molecular formula is C13H15ClO3. The van der Waals surface area contributed by atoms with Crippen LogP contribution in [0.2, 0.25) is 0 Å². The zero-order valence-electron chi connectivity index (χ0n) is 9.74. The van der Waals surface area contributed by atoms with Gasteiger partial charge >= 0.3 is 5.97 Å². The van der Waals surface area contributed by atoms with Crippen LogP contribution in [0.1, 0.15) is 28.8 Å². The fraction of sp³-hybridized carbons (Fsp3) is 0.385. The number of benzene rings is 1. The van der Waals surface area contributed by atoms with Gasteiger partial charge in [-0.05, 0) is 18.4 Å². The maximum atomic E-state index is 11.3. The maximum absolute atomic E-state index is 11.3. The van der Waals surface area contributed by atoms with Crippen molar-refractivity contribution >= 4 is 23.4 Å². The second-order valence-electron chi connectivity index (χ2n) is 3.68. The number of ether oxygens (including phenoxy) is 1. The first-order valence-electron chi connectivity index (χ1n) is 5.42. The molecule has 1 rings (SSSR count). The van der Waals surface area contributed by atoms with Gasteiger partial charge in [-0.2, -0.15) is 0 Å². The minimum Gasteiger partial charge on any atom is -0.469 e. The van der Waals surface area contributed by atoms with Gasteiger partial charge in [0.25, 0.3) is 0 Å². The second-order valence-corrected chi connectivity index (χ2v) is 3.95. The van der Waals surface area contributed by atoms with Crippen molar-refractivity contribution in [3.63, 3.8) is 0 Å². The van der Waals surface area contributed by atoms with Crippen LogP contribution >= 0.6 is 11.6 Å². The molecular weight excluding hydrogens is 240 g/mol. The summed E-state index contributed by atoms with van der Waals surface area (Å²) in [6.45, 7) is 0. The van der Waals surface area contributed by atoms with Gasteiger partial charge in [0.1, 0.15) is 0 Å². The standard InChI is InChI=1S/C13H15ClO3/c1-17-13(16)4-2-3-10-5-7-11(8-6-10)12(15)9-14/h5-8H,2-4,9H2,1H3. The number of ketones is 1. The third-order valence-electron chi connectivity index (χ3n) is 2.47. The molecule has 0 saturated heterocycles. The highest BCUT2D eigenvalue weighted by molar-refractivity contribution is 6.30. The first-order valence-corrected chi connectivity index (χ1v) is 5.95. The summed E-state index contributed by atoms with van der Waals surface area (Å²) in [7, 11) is 1.38. The monoisotopic (exact) mass is 254 g/mol. The van der Waals surface area contributed by atoms with E-state index >= 15 is 0 Å². The number of hydrogen-bond acceptors (Lipinski definition) is 3. The Hall–Kier alpha value is -1.35. The molecule has 0 amide bonds. The van der Waals surface area contributed by atoms with Gasteiger partial charge in [0, 0.05) is 12.0 Å². The van der Waals surface area contributed by atoms with Crippen LogP contribution in [-0.2, 0) is 16.0 Å². The summed E-state index contributed by atoms with van der Waals surface area (Å²) in [6, 6.07) is 7.30. The van der Waals surface area contributed by atoms with Crippen LogP contribution < -0.4 is 0 Å². The van der Waals surface area contributed by atoms with E-state index in [1.807, 2.05) is 12.1 Å². The number of alkyl halides is 1. The molecule has 0 spiro atoms. The molecule has 1 aromatic rings. The van der Waals surface area contributed by atoms with Crippen molar-refractivity contribution in [2.24, 2.45) is 0 Å². The molecule has 0 saturated carbocycles. The van der Waals surface area contributed by atoms with E-state index in [-0.39, 0.29) is 17.6 Å². The van der Waals surface area contributed by atoms with Crippen LogP contribution in [0.3, 0.4) is 0 Å². The van der Waals surface area contributed by atoms with Gasteiger partial charge in [-0.25, -0.2) is 0 Å². The van der Waals surface area contributed by atoms with Crippen LogP contribution in [0.15, 0.2) is 24.3 Å². The van der Waals surface area contributed by atoms with Gasteiger partial charge in [0.15, 0.2) is 5.78 Å². The molecule has 0 atom stereocenters. The molecule has 0 N–H and O–H groups in total. The van der Waals surface area contributed by atoms with Gasteiger partial charge < -0.3 is 4.74 Å². The third kappa shape index (κ3) is 4.57. The Morgan fingerprint density at radius 2 is 1.88 bits per heavy atom. The lowest BCUT2D eigenvalue weighted by Gasteiger charge is -2.02. The van der Waals surface area contributed by atoms with Gasteiger partial charge in [-0.15, -0.1) is 11.6 Å². The van der Waals surface area contributed by atoms with E-state index in [2.05, 4.69) is 4.74 Å². The molecule has 4 heteroatoms. The fourth-order valence-electron chi connectivity index (χ4n) is 1.47. The van der Waals surface area contributed by atoms with Crippen molar-refractivity contribution < 1.29 is 14.3 Å². The summed E-state index contributed by atoms with van der Waals surface area (Å²) in [4.78, 5) is 22.2. The molecule has 92 valence electrons. The quantitative estimate of drug-likeness (QED) is 0.445. The van der Waals surface area contributed by atoms with E-state index in [0.717, 1.165) is 18.4 Å². The number of carbonyl (C=O) groups is 2. The van der Waals surface area contributed by atoms with Crippen LogP contribution in [0, 0.1) is 0 Å². The van der Waals surface area contributed by atoms with E-state index in [1.165, 1.54) is 7.11 Å². The first-order chi connectivity index (χ1) is 8.17. The van der Waals surface area contributed by atoms with Gasteiger partial charge in [-0.3, -0.25) is 9.59 Å². The lowest BCUT2D eigenvalue weighted by Crippen LogP contribution is -2.01. The highest BCUT2D eigenvalue weighted by Crippen LogP contribution is 2.09. The molecule has 0 aliphatic heterocycles. The largest absolute Gasteiger partial charge is 0.469 e. The Morgan fingerprint density at radius 1 is 1.24 bits per heavy atom. The lowest BCUT2D eigenvalue weighted by atomic mass is 10.0. The van der Waals surface area contributed by atoms with Crippen molar-refractivity contribution in [1.82, 2.24) is 0 Å².